The van der Waals surface area contributed by atoms with Gasteiger partial charge in [0.05, 0.1) is 43.3 Å². The Balaban J connectivity index is 0.000000149. The molecule has 0 amide bonds. The van der Waals surface area contributed by atoms with Gasteiger partial charge in [-0.25, -0.2) is 14.8 Å². The topological polar surface area (TPSA) is 111 Å². The molecule has 7 rings (SSSR count). The summed E-state index contributed by atoms with van der Waals surface area (Å²) in [5.41, 5.74) is 4.92. The van der Waals surface area contributed by atoms with Crippen molar-refractivity contribution < 1.29 is 8.83 Å². The minimum atomic E-state index is 0.354. The van der Waals surface area contributed by atoms with Crippen molar-refractivity contribution in [1.29, 1.82) is 0 Å². The van der Waals surface area contributed by atoms with Crippen LogP contribution in [0.25, 0.3) is 61.3 Å². The van der Waals surface area contributed by atoms with E-state index < -0.39 is 0 Å². The van der Waals surface area contributed by atoms with Crippen molar-refractivity contribution in [3.8, 4) is 34.3 Å². The molecule has 4 aromatic carbocycles. The number of nitrogens with zero attached hydrogens (tertiary/aromatic N) is 6. The third kappa shape index (κ3) is 5.34. The van der Waals surface area contributed by atoms with E-state index in [2.05, 4.69) is 35.4 Å². The molecule has 0 saturated carbocycles. The number of rotatable bonds is 3. The fraction of sp³-hybridized carbons (Fsp3) is 0. The van der Waals surface area contributed by atoms with Gasteiger partial charge in [0.2, 0.25) is 17.6 Å². The van der Waals surface area contributed by atoms with Gasteiger partial charge in [0.15, 0.2) is 16.9 Å². The van der Waals surface area contributed by atoms with Crippen molar-refractivity contribution in [3.63, 3.8) is 0 Å². The van der Waals surface area contributed by atoms with Crippen LogP contribution in [0.4, 0.5) is 5.69 Å². The summed E-state index contributed by atoms with van der Waals surface area (Å²) in [6.45, 7) is 6.98. The molecule has 41 heavy (non-hydrogen) atoms. The Bertz CT molecular complexity index is 2040. The highest BCUT2D eigenvalue weighted by molar-refractivity contribution is 6.39. The molecule has 3 heterocycles. The van der Waals surface area contributed by atoms with E-state index in [-0.39, 0.29) is 0 Å². The Morgan fingerprint density at radius 1 is 0.683 bits per heavy atom. The second-order valence-corrected chi connectivity index (χ2v) is 10.0. The number of hydrogen-bond donors (Lipinski definition) is 1. The highest BCUT2D eigenvalue weighted by Crippen LogP contribution is 2.37. The second kappa shape index (κ2) is 11.2. The molecule has 0 atom stereocenters. The molecule has 3 aromatic heterocycles. The van der Waals surface area contributed by atoms with Crippen LogP contribution in [0.2, 0.25) is 20.1 Å². The van der Waals surface area contributed by atoms with Crippen molar-refractivity contribution >= 4 is 74.3 Å². The summed E-state index contributed by atoms with van der Waals surface area (Å²) in [7, 11) is 0. The summed E-state index contributed by atoms with van der Waals surface area (Å²) < 4.78 is 11.4. The van der Waals surface area contributed by atoms with Gasteiger partial charge >= 0.3 is 0 Å². The lowest BCUT2D eigenvalue weighted by atomic mass is 10.2. The molecule has 9 nitrogen and oxygen atoms in total. The van der Waals surface area contributed by atoms with Gasteiger partial charge in [-0.1, -0.05) is 64.6 Å². The average Bonchev–Trinajstić information content (AvgIpc) is 3.72. The smallest absolute Gasteiger partial charge is 0.230 e. The standard InChI is InChI=1S/C14H7Cl2N5O.C14H6Cl2N2O/c15-8-2-1-3-9(16)12(8)14-17-10-6-7(4-5-11(10)22-14)13-18-20-21-19-13;1-17-8-5-6-12-11(7-8)18-14(19-12)13-9(15)3-2-4-10(13)16/h1-6H,(H,18,19,20,21);2-7H. The van der Waals surface area contributed by atoms with Gasteiger partial charge in [-0.05, 0) is 59.8 Å². The number of nitrogens with one attached hydrogen (secondary N) is 1. The van der Waals surface area contributed by atoms with Crippen LogP contribution >= 0.6 is 46.4 Å². The van der Waals surface area contributed by atoms with E-state index in [9.17, 15) is 0 Å². The van der Waals surface area contributed by atoms with Crippen LogP contribution in [0.15, 0.2) is 81.6 Å². The molecule has 0 saturated heterocycles. The van der Waals surface area contributed by atoms with E-state index in [1.54, 1.807) is 60.7 Å². The molecule has 0 fully saturated rings. The van der Waals surface area contributed by atoms with Crippen LogP contribution in [-0.2, 0) is 0 Å². The van der Waals surface area contributed by atoms with Gasteiger partial charge in [0.25, 0.3) is 0 Å². The lowest BCUT2D eigenvalue weighted by Gasteiger charge is -2.01. The number of hydrogen-bond acceptors (Lipinski definition) is 7. The summed E-state index contributed by atoms with van der Waals surface area (Å²) in [6.07, 6.45) is 0. The first-order valence-corrected chi connectivity index (χ1v) is 13.2. The van der Waals surface area contributed by atoms with Gasteiger partial charge < -0.3 is 8.83 Å². The Kier molecular flexibility index (Phi) is 7.30. The number of aromatic amines is 1. The zero-order valence-electron chi connectivity index (χ0n) is 20.4. The molecule has 200 valence electrons. The second-order valence-electron chi connectivity index (χ2n) is 8.41. The van der Waals surface area contributed by atoms with E-state index in [0.717, 1.165) is 5.56 Å². The molecular weight excluding hydrogens is 608 g/mol. The third-order valence-corrected chi connectivity index (χ3v) is 7.10. The summed E-state index contributed by atoms with van der Waals surface area (Å²) in [5.74, 6) is 1.21. The Morgan fingerprint density at radius 3 is 1.73 bits per heavy atom. The monoisotopic (exact) mass is 619 g/mol. The van der Waals surface area contributed by atoms with E-state index in [4.69, 9.17) is 61.8 Å². The van der Waals surface area contributed by atoms with Gasteiger partial charge in [-0.3, -0.25) is 0 Å². The highest BCUT2D eigenvalue weighted by Gasteiger charge is 2.17. The Hall–Kier alpha value is -4.46. The van der Waals surface area contributed by atoms with Gasteiger partial charge in [-0.2, -0.15) is 5.21 Å². The van der Waals surface area contributed by atoms with Gasteiger partial charge in [0, 0.05) is 5.56 Å². The summed E-state index contributed by atoms with van der Waals surface area (Å²) >= 11 is 24.6. The molecule has 0 aliphatic heterocycles. The number of aromatic nitrogens is 6. The molecule has 0 bridgehead atoms. The van der Waals surface area contributed by atoms with Crippen molar-refractivity contribution in [1.82, 2.24) is 30.6 Å². The van der Waals surface area contributed by atoms with Crippen molar-refractivity contribution in [2.75, 3.05) is 0 Å². The van der Waals surface area contributed by atoms with Crippen LogP contribution in [0, 0.1) is 6.57 Å². The highest BCUT2D eigenvalue weighted by atomic mass is 35.5. The van der Waals surface area contributed by atoms with Gasteiger partial charge in [0.1, 0.15) is 5.52 Å². The molecular formula is C28H13Cl4N7O2. The molecule has 0 aliphatic carbocycles. The first-order chi connectivity index (χ1) is 19.9. The number of H-pyrrole nitrogens is 1. The van der Waals surface area contributed by atoms with E-state index in [0.29, 0.717) is 76.7 Å². The number of halogens is 4. The number of oxazole rings is 2. The number of tetrazole rings is 1. The van der Waals surface area contributed by atoms with Crippen molar-refractivity contribution in [2.24, 2.45) is 0 Å². The molecule has 0 radical (unpaired) electrons. The van der Waals surface area contributed by atoms with E-state index >= 15 is 0 Å². The van der Waals surface area contributed by atoms with Crippen LogP contribution < -0.4 is 0 Å². The minimum Gasteiger partial charge on any atom is -0.436 e. The van der Waals surface area contributed by atoms with Crippen LogP contribution in [0.5, 0.6) is 0 Å². The average molecular weight is 621 g/mol. The maximum absolute atomic E-state index is 6.98. The van der Waals surface area contributed by atoms with E-state index in [1.807, 2.05) is 12.1 Å². The van der Waals surface area contributed by atoms with Crippen LogP contribution in [-0.4, -0.2) is 30.6 Å². The first-order valence-electron chi connectivity index (χ1n) is 11.7. The molecule has 0 aliphatic rings. The minimum absolute atomic E-state index is 0.354. The number of benzene rings is 4. The largest absolute Gasteiger partial charge is 0.436 e. The zero-order chi connectivity index (χ0) is 28.5. The summed E-state index contributed by atoms with van der Waals surface area (Å²) in [4.78, 5) is 12.1. The molecule has 13 heteroatoms. The first kappa shape index (κ1) is 26.7. The lowest BCUT2D eigenvalue weighted by Crippen LogP contribution is -1.82. The lowest BCUT2D eigenvalue weighted by molar-refractivity contribution is 0.619. The molecule has 0 spiro atoms. The van der Waals surface area contributed by atoms with Crippen molar-refractivity contribution in [3.05, 3.63) is 104 Å². The van der Waals surface area contributed by atoms with Crippen LogP contribution in [0.1, 0.15) is 0 Å². The predicted octanol–water partition coefficient (Wildman–Crippen LogP) is 9.33. The van der Waals surface area contributed by atoms with Gasteiger partial charge in [-0.15, -0.1) is 10.2 Å². The summed E-state index contributed by atoms with van der Waals surface area (Å²) in [5, 5.41) is 15.8. The predicted molar refractivity (Wildman–Crippen MR) is 158 cm³/mol. The van der Waals surface area contributed by atoms with Crippen LogP contribution in [0.3, 0.4) is 0 Å². The molecule has 0 unspecified atom stereocenters. The van der Waals surface area contributed by atoms with Crippen molar-refractivity contribution in [2.45, 2.75) is 0 Å². The fourth-order valence-corrected chi connectivity index (χ4v) is 5.07. The maximum atomic E-state index is 6.98. The SMILES string of the molecule is Clc1cccc(Cl)c1-c1nc2cc(-c3nn[nH]n3)ccc2o1.[C-]#[N+]c1ccc2oc(-c3c(Cl)cccc3Cl)nc2c1. The molecule has 1 N–H and O–H groups in total. The number of fused-ring (bicyclic) bond motifs is 2. The summed E-state index contributed by atoms with van der Waals surface area (Å²) in [6, 6.07) is 21.0. The maximum Gasteiger partial charge on any atom is 0.230 e. The quantitative estimate of drug-likeness (QED) is 0.196. The third-order valence-electron chi connectivity index (χ3n) is 5.84. The Morgan fingerprint density at radius 2 is 1.22 bits per heavy atom. The van der Waals surface area contributed by atoms with E-state index in [1.165, 1.54) is 0 Å². The zero-order valence-corrected chi connectivity index (χ0v) is 23.5. The Labute approximate surface area is 251 Å². The fourth-order valence-electron chi connectivity index (χ4n) is 3.95. The normalized spacial score (nSPS) is 10.9. The molecule has 7 aromatic rings.